The van der Waals surface area contributed by atoms with Crippen LogP contribution in [-0.4, -0.2) is 22.3 Å². The summed E-state index contributed by atoms with van der Waals surface area (Å²) in [6.07, 6.45) is 1.89. The summed E-state index contributed by atoms with van der Waals surface area (Å²) in [5.74, 6) is 0. The summed E-state index contributed by atoms with van der Waals surface area (Å²) in [6, 6.07) is 9.76. The number of aliphatic hydroxyl groups excluding tert-OH is 1. The van der Waals surface area contributed by atoms with Crippen LogP contribution < -0.4 is 0 Å². The molecule has 2 atom stereocenters. The van der Waals surface area contributed by atoms with E-state index in [9.17, 15) is 5.11 Å². The van der Waals surface area contributed by atoms with Gasteiger partial charge in [0.25, 0.3) is 0 Å². The Bertz CT molecular complexity index is 555. The van der Waals surface area contributed by atoms with Crippen LogP contribution in [-0.2, 0) is 4.74 Å². The molecule has 1 heterocycles. The molecule has 0 aliphatic heterocycles. The van der Waals surface area contributed by atoms with E-state index in [0.717, 1.165) is 22.9 Å². The van der Waals surface area contributed by atoms with Crippen LogP contribution in [0.5, 0.6) is 0 Å². The highest BCUT2D eigenvalue weighted by atomic mass is 16.5. The average molecular weight is 259 g/mol. The fraction of sp³-hybridized carbons (Fsp3) is 0.438. The zero-order chi connectivity index (χ0) is 13.9. The number of nitrogens with zero attached hydrogens (tertiary/aromatic N) is 1. The predicted octanol–water partition coefficient (Wildman–Crippen LogP) is 3.47. The summed E-state index contributed by atoms with van der Waals surface area (Å²) in [5, 5.41) is 11.6. The van der Waals surface area contributed by atoms with Gasteiger partial charge >= 0.3 is 0 Å². The fourth-order valence-electron chi connectivity index (χ4n) is 2.32. The van der Waals surface area contributed by atoms with E-state index in [2.05, 4.69) is 4.98 Å². The van der Waals surface area contributed by atoms with Crippen LogP contribution in [0.25, 0.3) is 10.9 Å². The Balaban J connectivity index is 2.37. The summed E-state index contributed by atoms with van der Waals surface area (Å²) in [5.41, 5.74) is 1.26. The lowest BCUT2D eigenvalue weighted by Crippen LogP contribution is -2.35. The van der Waals surface area contributed by atoms with Crippen LogP contribution in [0.15, 0.2) is 36.5 Å². The molecule has 0 saturated heterocycles. The second-order valence-corrected chi connectivity index (χ2v) is 4.96. The molecule has 0 spiro atoms. The summed E-state index contributed by atoms with van der Waals surface area (Å²) in [7, 11) is 0. The van der Waals surface area contributed by atoms with Gasteiger partial charge in [0, 0.05) is 18.2 Å². The van der Waals surface area contributed by atoms with Crippen molar-refractivity contribution in [2.45, 2.75) is 38.9 Å². The lowest BCUT2D eigenvalue weighted by atomic mass is 9.89. The number of rotatable bonds is 5. The minimum absolute atomic E-state index is 0.551. The normalized spacial score (nSPS) is 16.2. The number of hydrogen-bond donors (Lipinski definition) is 1. The Labute approximate surface area is 114 Å². The van der Waals surface area contributed by atoms with Crippen molar-refractivity contribution in [1.82, 2.24) is 4.98 Å². The van der Waals surface area contributed by atoms with Crippen molar-refractivity contribution < 1.29 is 9.84 Å². The number of benzene rings is 1. The average Bonchev–Trinajstić information content (AvgIpc) is 2.46. The zero-order valence-electron chi connectivity index (χ0n) is 11.8. The highest BCUT2D eigenvalue weighted by Crippen LogP contribution is 2.33. The van der Waals surface area contributed by atoms with Crippen molar-refractivity contribution in [3.63, 3.8) is 0 Å². The number of fused-ring (bicyclic) bond motifs is 1. The summed E-state index contributed by atoms with van der Waals surface area (Å²) in [6.45, 7) is 6.53. The van der Waals surface area contributed by atoms with E-state index < -0.39 is 11.7 Å². The highest BCUT2D eigenvalue weighted by molar-refractivity contribution is 5.79. The SMILES string of the molecule is CCOC(C)(CC)C(O)c1ccc2ncccc2c1. The van der Waals surface area contributed by atoms with E-state index in [1.165, 1.54) is 0 Å². The molecule has 0 radical (unpaired) electrons. The maximum atomic E-state index is 10.6. The molecule has 0 aliphatic rings. The number of aromatic nitrogens is 1. The quantitative estimate of drug-likeness (QED) is 0.894. The first-order valence-corrected chi connectivity index (χ1v) is 6.77. The second kappa shape index (κ2) is 5.68. The number of ether oxygens (including phenoxy) is 1. The third-order valence-corrected chi connectivity index (χ3v) is 3.70. The molecule has 0 aliphatic carbocycles. The molecule has 0 amide bonds. The maximum Gasteiger partial charge on any atom is 0.108 e. The van der Waals surface area contributed by atoms with Gasteiger partial charge in [0.1, 0.15) is 6.10 Å². The van der Waals surface area contributed by atoms with Crippen molar-refractivity contribution in [1.29, 1.82) is 0 Å². The first kappa shape index (κ1) is 14.0. The maximum absolute atomic E-state index is 10.6. The van der Waals surface area contributed by atoms with Crippen LogP contribution in [0.1, 0.15) is 38.9 Å². The van der Waals surface area contributed by atoms with Crippen molar-refractivity contribution in [3.8, 4) is 0 Å². The molecule has 1 aromatic carbocycles. The fourth-order valence-corrected chi connectivity index (χ4v) is 2.32. The van der Waals surface area contributed by atoms with Gasteiger partial charge in [0.05, 0.1) is 11.1 Å². The molecule has 2 unspecified atom stereocenters. The van der Waals surface area contributed by atoms with Gasteiger partial charge in [0.15, 0.2) is 0 Å². The largest absolute Gasteiger partial charge is 0.385 e. The van der Waals surface area contributed by atoms with Crippen molar-refractivity contribution >= 4 is 10.9 Å². The van der Waals surface area contributed by atoms with Crippen LogP contribution in [0.3, 0.4) is 0 Å². The first-order chi connectivity index (χ1) is 9.10. The third kappa shape index (κ3) is 2.77. The van der Waals surface area contributed by atoms with Gasteiger partial charge in [-0.3, -0.25) is 4.98 Å². The molecule has 3 heteroatoms. The molecule has 1 N–H and O–H groups in total. The zero-order valence-corrected chi connectivity index (χ0v) is 11.8. The van der Waals surface area contributed by atoms with E-state index >= 15 is 0 Å². The molecule has 3 nitrogen and oxygen atoms in total. The van der Waals surface area contributed by atoms with Crippen LogP contribution in [0.4, 0.5) is 0 Å². The molecule has 0 fully saturated rings. The van der Waals surface area contributed by atoms with Crippen molar-refractivity contribution in [3.05, 3.63) is 42.1 Å². The van der Waals surface area contributed by atoms with Gasteiger partial charge < -0.3 is 9.84 Å². The molecule has 2 rings (SSSR count). The molecule has 19 heavy (non-hydrogen) atoms. The molecule has 2 aromatic rings. The molecule has 102 valence electrons. The Hall–Kier alpha value is -1.45. The van der Waals surface area contributed by atoms with Crippen LogP contribution in [0.2, 0.25) is 0 Å². The molecule has 0 saturated carbocycles. The van der Waals surface area contributed by atoms with E-state index in [1.54, 1.807) is 6.20 Å². The van der Waals surface area contributed by atoms with Crippen molar-refractivity contribution in [2.24, 2.45) is 0 Å². The Morgan fingerprint density at radius 3 is 2.79 bits per heavy atom. The summed E-state index contributed by atoms with van der Waals surface area (Å²) >= 11 is 0. The van der Waals surface area contributed by atoms with Gasteiger partial charge in [0.2, 0.25) is 0 Å². The topological polar surface area (TPSA) is 42.4 Å². The van der Waals surface area contributed by atoms with E-state index in [0.29, 0.717) is 6.61 Å². The number of pyridine rings is 1. The van der Waals surface area contributed by atoms with E-state index in [-0.39, 0.29) is 0 Å². The molecular weight excluding hydrogens is 238 g/mol. The lowest BCUT2D eigenvalue weighted by molar-refractivity contribution is -0.113. The third-order valence-electron chi connectivity index (χ3n) is 3.70. The van der Waals surface area contributed by atoms with Gasteiger partial charge in [-0.15, -0.1) is 0 Å². The Morgan fingerprint density at radius 1 is 1.32 bits per heavy atom. The van der Waals surface area contributed by atoms with Gasteiger partial charge in [-0.05, 0) is 44.0 Å². The first-order valence-electron chi connectivity index (χ1n) is 6.77. The molecular formula is C16H21NO2. The second-order valence-electron chi connectivity index (χ2n) is 4.96. The number of aliphatic hydroxyl groups is 1. The Kier molecular flexibility index (Phi) is 4.17. The van der Waals surface area contributed by atoms with Crippen LogP contribution >= 0.6 is 0 Å². The van der Waals surface area contributed by atoms with Crippen LogP contribution in [0, 0.1) is 0 Å². The highest BCUT2D eigenvalue weighted by Gasteiger charge is 2.33. The van der Waals surface area contributed by atoms with E-state index in [1.807, 2.05) is 51.1 Å². The minimum atomic E-state index is -0.637. The lowest BCUT2D eigenvalue weighted by Gasteiger charge is -2.33. The molecule has 0 bridgehead atoms. The monoisotopic (exact) mass is 259 g/mol. The predicted molar refractivity (Wildman–Crippen MR) is 77.0 cm³/mol. The molecule has 1 aromatic heterocycles. The van der Waals surface area contributed by atoms with Crippen molar-refractivity contribution in [2.75, 3.05) is 6.61 Å². The van der Waals surface area contributed by atoms with Gasteiger partial charge in [-0.1, -0.05) is 19.1 Å². The summed E-state index contributed by atoms with van der Waals surface area (Å²) < 4.78 is 5.74. The van der Waals surface area contributed by atoms with Gasteiger partial charge in [-0.25, -0.2) is 0 Å². The Morgan fingerprint density at radius 2 is 2.11 bits per heavy atom. The summed E-state index contributed by atoms with van der Waals surface area (Å²) in [4.78, 5) is 4.29. The standard InChI is InChI=1S/C16H21NO2/c1-4-16(3,19-5-2)15(18)13-8-9-14-12(11-13)7-6-10-17-14/h6-11,15,18H,4-5H2,1-3H3. The number of hydrogen-bond acceptors (Lipinski definition) is 3. The van der Waals surface area contributed by atoms with Gasteiger partial charge in [-0.2, -0.15) is 0 Å². The minimum Gasteiger partial charge on any atom is -0.385 e. The smallest absolute Gasteiger partial charge is 0.108 e. The van der Waals surface area contributed by atoms with E-state index in [4.69, 9.17) is 4.74 Å².